The Morgan fingerprint density at radius 1 is 1.20 bits per heavy atom. The van der Waals surface area contributed by atoms with Crippen LogP contribution in [0.15, 0.2) is 53.4 Å². The lowest BCUT2D eigenvalue weighted by Gasteiger charge is -2.24. The largest absolute Gasteiger partial charge is 0.327 e. The molecule has 1 saturated heterocycles. The van der Waals surface area contributed by atoms with E-state index in [1.807, 2.05) is 30.5 Å². The van der Waals surface area contributed by atoms with Gasteiger partial charge in [0.25, 0.3) is 5.91 Å². The van der Waals surface area contributed by atoms with Gasteiger partial charge in [0.1, 0.15) is 11.9 Å². The van der Waals surface area contributed by atoms with Gasteiger partial charge < -0.3 is 10.2 Å². The third-order valence-corrected chi connectivity index (χ3v) is 4.97. The Hall–Kier alpha value is -2.34. The molecular weight excluding hydrogens is 339 g/mol. The molecule has 0 radical (unpaired) electrons. The Bertz CT molecular complexity index is 779. The highest BCUT2D eigenvalue weighted by molar-refractivity contribution is 7.98. The van der Waals surface area contributed by atoms with Gasteiger partial charge in [0.2, 0.25) is 5.91 Å². The molecule has 0 unspecified atom stereocenters. The fourth-order valence-electron chi connectivity index (χ4n) is 2.97. The van der Waals surface area contributed by atoms with Crippen molar-refractivity contribution in [2.45, 2.75) is 23.8 Å². The zero-order valence-electron chi connectivity index (χ0n) is 13.9. The Morgan fingerprint density at radius 3 is 2.68 bits per heavy atom. The maximum atomic E-state index is 13.0. The number of carbonyl (C=O) groups is 2. The molecule has 1 N–H and O–H groups in total. The second-order valence-electron chi connectivity index (χ2n) is 5.88. The van der Waals surface area contributed by atoms with Gasteiger partial charge in [0, 0.05) is 22.7 Å². The molecule has 0 aromatic heterocycles. The maximum absolute atomic E-state index is 13.0. The lowest BCUT2D eigenvalue weighted by Crippen LogP contribution is -2.43. The number of rotatable bonds is 4. The van der Waals surface area contributed by atoms with E-state index in [0.29, 0.717) is 18.5 Å². The summed E-state index contributed by atoms with van der Waals surface area (Å²) in [6.07, 6.45) is 3.37. The van der Waals surface area contributed by atoms with Crippen molar-refractivity contribution in [3.63, 3.8) is 0 Å². The van der Waals surface area contributed by atoms with Crippen molar-refractivity contribution in [3.05, 3.63) is 59.9 Å². The van der Waals surface area contributed by atoms with Crippen LogP contribution in [0.25, 0.3) is 0 Å². The monoisotopic (exact) mass is 358 g/mol. The minimum Gasteiger partial charge on any atom is -0.327 e. The summed E-state index contributed by atoms with van der Waals surface area (Å²) >= 11 is 1.60. The number of carbonyl (C=O) groups excluding carboxylic acids is 2. The molecule has 6 heteroatoms. The van der Waals surface area contributed by atoms with Crippen LogP contribution < -0.4 is 5.32 Å². The van der Waals surface area contributed by atoms with Crippen LogP contribution in [0, 0.1) is 5.82 Å². The topological polar surface area (TPSA) is 49.4 Å². The summed E-state index contributed by atoms with van der Waals surface area (Å²) in [6.45, 7) is 0.527. The van der Waals surface area contributed by atoms with Gasteiger partial charge in [-0.1, -0.05) is 6.07 Å². The molecule has 25 heavy (non-hydrogen) atoms. The molecule has 0 aliphatic carbocycles. The highest BCUT2D eigenvalue weighted by Gasteiger charge is 2.34. The average Bonchev–Trinajstić information content (AvgIpc) is 3.12. The molecule has 1 heterocycles. The van der Waals surface area contributed by atoms with Gasteiger partial charge in [-0.3, -0.25) is 9.59 Å². The molecule has 0 bridgehead atoms. The van der Waals surface area contributed by atoms with Crippen molar-refractivity contribution in [1.82, 2.24) is 4.90 Å². The number of halogens is 1. The number of anilines is 1. The number of hydrogen-bond acceptors (Lipinski definition) is 3. The summed E-state index contributed by atoms with van der Waals surface area (Å²) in [4.78, 5) is 27.9. The van der Waals surface area contributed by atoms with E-state index in [0.717, 1.165) is 17.0 Å². The predicted octanol–water partition coefficient (Wildman–Crippen LogP) is 3.79. The van der Waals surface area contributed by atoms with Crippen LogP contribution in [0.3, 0.4) is 0 Å². The van der Waals surface area contributed by atoms with Crippen LogP contribution in [-0.2, 0) is 4.79 Å². The van der Waals surface area contributed by atoms with Gasteiger partial charge >= 0.3 is 0 Å². The number of nitrogens with one attached hydrogen (secondary N) is 1. The summed E-state index contributed by atoms with van der Waals surface area (Å²) < 4.78 is 13.0. The Morgan fingerprint density at radius 2 is 1.96 bits per heavy atom. The second kappa shape index (κ2) is 7.70. The number of thioether (sulfide) groups is 1. The van der Waals surface area contributed by atoms with E-state index >= 15 is 0 Å². The number of amides is 2. The highest BCUT2D eigenvalue weighted by Crippen LogP contribution is 2.23. The number of hydrogen-bond donors (Lipinski definition) is 1. The lowest BCUT2D eigenvalue weighted by atomic mass is 10.1. The van der Waals surface area contributed by atoms with Gasteiger partial charge in [-0.05, 0) is 61.6 Å². The van der Waals surface area contributed by atoms with Gasteiger partial charge in [0.15, 0.2) is 0 Å². The molecule has 2 aromatic rings. The van der Waals surface area contributed by atoms with Gasteiger partial charge in [0.05, 0.1) is 0 Å². The van der Waals surface area contributed by atoms with E-state index in [2.05, 4.69) is 5.32 Å². The van der Waals surface area contributed by atoms with Crippen molar-refractivity contribution in [1.29, 1.82) is 0 Å². The van der Waals surface area contributed by atoms with Crippen molar-refractivity contribution < 1.29 is 14.0 Å². The molecule has 3 rings (SSSR count). The van der Waals surface area contributed by atoms with E-state index < -0.39 is 6.04 Å². The van der Waals surface area contributed by atoms with E-state index in [1.54, 1.807) is 16.7 Å². The van der Waals surface area contributed by atoms with Crippen LogP contribution in [0.2, 0.25) is 0 Å². The predicted molar refractivity (Wildman–Crippen MR) is 97.3 cm³/mol. The zero-order chi connectivity index (χ0) is 17.8. The Kier molecular flexibility index (Phi) is 5.38. The lowest BCUT2D eigenvalue weighted by molar-refractivity contribution is -0.119. The van der Waals surface area contributed by atoms with Crippen molar-refractivity contribution >= 4 is 29.3 Å². The van der Waals surface area contributed by atoms with Crippen molar-refractivity contribution in [2.75, 3.05) is 18.1 Å². The van der Waals surface area contributed by atoms with E-state index in [9.17, 15) is 14.0 Å². The maximum Gasteiger partial charge on any atom is 0.254 e. The first-order chi connectivity index (χ1) is 12.1. The third-order valence-electron chi connectivity index (χ3n) is 4.24. The van der Waals surface area contributed by atoms with Crippen molar-refractivity contribution in [3.8, 4) is 0 Å². The summed E-state index contributed by atoms with van der Waals surface area (Å²) in [5.41, 5.74) is 1.11. The molecule has 0 spiro atoms. The van der Waals surface area contributed by atoms with Crippen LogP contribution >= 0.6 is 11.8 Å². The molecule has 1 atom stereocenters. The average molecular weight is 358 g/mol. The normalized spacial score (nSPS) is 16.7. The second-order valence-corrected chi connectivity index (χ2v) is 6.76. The fourth-order valence-corrected chi connectivity index (χ4v) is 3.43. The molecule has 2 aromatic carbocycles. The molecule has 4 nitrogen and oxygen atoms in total. The third kappa shape index (κ3) is 4.02. The van der Waals surface area contributed by atoms with E-state index in [4.69, 9.17) is 0 Å². The molecule has 2 amide bonds. The molecule has 1 fully saturated rings. The summed E-state index contributed by atoms with van der Waals surface area (Å²) in [5, 5.41) is 2.90. The van der Waals surface area contributed by atoms with E-state index in [1.165, 1.54) is 24.3 Å². The molecule has 1 aliphatic heterocycles. The number of nitrogens with zero attached hydrogens (tertiary/aromatic N) is 1. The Balaban J connectivity index is 1.73. The van der Waals surface area contributed by atoms with Gasteiger partial charge in [-0.25, -0.2) is 4.39 Å². The minimum atomic E-state index is -0.504. The summed E-state index contributed by atoms with van der Waals surface area (Å²) in [6, 6.07) is 12.5. The fraction of sp³-hybridized carbons (Fsp3) is 0.263. The first kappa shape index (κ1) is 17.5. The first-order valence-electron chi connectivity index (χ1n) is 8.10. The summed E-state index contributed by atoms with van der Waals surface area (Å²) in [5.74, 6) is -0.817. The van der Waals surface area contributed by atoms with Crippen molar-refractivity contribution in [2.24, 2.45) is 0 Å². The molecular formula is C19H19FN2O2S. The van der Waals surface area contributed by atoms with Crippen LogP contribution in [-0.4, -0.2) is 35.6 Å². The standard InChI is InChI=1S/C19H19FN2O2S/c1-25-16-5-2-4-15(12-16)21-18(23)17-6-3-11-22(17)19(24)13-7-9-14(20)10-8-13/h2,4-5,7-10,12,17H,3,6,11H2,1H3,(H,21,23)/t17-/m1/s1. The van der Waals surface area contributed by atoms with Crippen LogP contribution in [0.4, 0.5) is 10.1 Å². The first-order valence-corrected chi connectivity index (χ1v) is 9.32. The van der Waals surface area contributed by atoms with Gasteiger partial charge in [-0.2, -0.15) is 0 Å². The smallest absolute Gasteiger partial charge is 0.254 e. The molecule has 0 saturated carbocycles. The minimum absolute atomic E-state index is 0.189. The number of benzene rings is 2. The molecule has 1 aliphatic rings. The van der Waals surface area contributed by atoms with Crippen LogP contribution in [0.1, 0.15) is 23.2 Å². The number of likely N-dealkylation sites (tertiary alicyclic amines) is 1. The SMILES string of the molecule is CSc1cccc(NC(=O)[C@H]2CCCN2C(=O)c2ccc(F)cc2)c1. The Labute approximate surface area is 150 Å². The zero-order valence-corrected chi connectivity index (χ0v) is 14.7. The molecule has 130 valence electrons. The highest BCUT2D eigenvalue weighted by atomic mass is 32.2. The van der Waals surface area contributed by atoms with Gasteiger partial charge in [-0.15, -0.1) is 11.8 Å². The summed E-state index contributed by atoms with van der Waals surface area (Å²) in [7, 11) is 0. The van der Waals surface area contributed by atoms with E-state index in [-0.39, 0.29) is 17.6 Å². The van der Waals surface area contributed by atoms with Crippen LogP contribution in [0.5, 0.6) is 0 Å². The quantitative estimate of drug-likeness (QED) is 0.846.